The Labute approximate surface area is 175 Å². The van der Waals surface area contributed by atoms with Gasteiger partial charge in [0.25, 0.3) is 0 Å². The second kappa shape index (κ2) is 9.48. The lowest BCUT2D eigenvalue weighted by molar-refractivity contribution is 0.0490. The SMILES string of the molecule is CCCCOC(=O)c1ccc2c(c1)-c1cc(C(=O)OCCCC)ccc1C(=O)C2=O. The van der Waals surface area contributed by atoms with Gasteiger partial charge in [0.1, 0.15) is 0 Å². The van der Waals surface area contributed by atoms with E-state index in [1.54, 1.807) is 12.1 Å². The predicted molar refractivity (Wildman–Crippen MR) is 111 cm³/mol. The minimum Gasteiger partial charge on any atom is -0.462 e. The first-order valence-electron chi connectivity index (χ1n) is 10.2. The average Bonchev–Trinajstić information content (AvgIpc) is 2.77. The summed E-state index contributed by atoms with van der Waals surface area (Å²) in [6, 6.07) is 8.96. The molecule has 6 nitrogen and oxygen atoms in total. The van der Waals surface area contributed by atoms with Crippen molar-refractivity contribution >= 4 is 23.5 Å². The minimum absolute atomic E-state index is 0.203. The maximum absolute atomic E-state index is 12.5. The second-order valence-electron chi connectivity index (χ2n) is 7.16. The molecule has 0 aliphatic heterocycles. The predicted octanol–water partition coefficient (Wildman–Crippen LogP) is 4.65. The fourth-order valence-corrected chi connectivity index (χ4v) is 3.21. The minimum atomic E-state index is -0.637. The number of hydrogen-bond acceptors (Lipinski definition) is 6. The molecular weight excluding hydrogens is 384 g/mol. The van der Waals surface area contributed by atoms with Gasteiger partial charge in [0.05, 0.1) is 24.3 Å². The summed E-state index contributed by atoms with van der Waals surface area (Å²) in [6.07, 6.45) is 3.32. The van der Waals surface area contributed by atoms with Crippen LogP contribution in [0.3, 0.4) is 0 Å². The smallest absolute Gasteiger partial charge is 0.338 e. The average molecular weight is 408 g/mol. The lowest BCUT2D eigenvalue weighted by atomic mass is 9.82. The Kier molecular flexibility index (Phi) is 6.77. The third-order valence-electron chi connectivity index (χ3n) is 4.96. The maximum Gasteiger partial charge on any atom is 0.338 e. The van der Waals surface area contributed by atoms with Gasteiger partial charge in [-0.25, -0.2) is 9.59 Å². The molecule has 156 valence electrons. The molecule has 1 aliphatic carbocycles. The Morgan fingerprint density at radius 2 is 1.07 bits per heavy atom. The van der Waals surface area contributed by atoms with Gasteiger partial charge in [-0.3, -0.25) is 9.59 Å². The van der Waals surface area contributed by atoms with Crippen LogP contribution in [0, 0.1) is 0 Å². The monoisotopic (exact) mass is 408 g/mol. The topological polar surface area (TPSA) is 86.7 Å². The zero-order valence-electron chi connectivity index (χ0n) is 17.2. The zero-order valence-corrected chi connectivity index (χ0v) is 17.2. The Morgan fingerprint density at radius 3 is 1.43 bits per heavy atom. The molecule has 3 rings (SSSR count). The first kappa shape index (κ1) is 21.4. The van der Waals surface area contributed by atoms with E-state index < -0.39 is 23.5 Å². The molecule has 30 heavy (non-hydrogen) atoms. The summed E-state index contributed by atoms with van der Waals surface area (Å²) in [5.41, 5.74) is 1.84. The number of carbonyl (C=O) groups excluding carboxylic acids is 4. The van der Waals surface area contributed by atoms with E-state index in [0.29, 0.717) is 24.3 Å². The third-order valence-corrected chi connectivity index (χ3v) is 4.96. The maximum atomic E-state index is 12.5. The molecule has 0 saturated heterocycles. The van der Waals surface area contributed by atoms with E-state index in [1.807, 2.05) is 13.8 Å². The van der Waals surface area contributed by atoms with Crippen LogP contribution in [0.2, 0.25) is 0 Å². The van der Waals surface area contributed by atoms with Crippen molar-refractivity contribution in [2.45, 2.75) is 39.5 Å². The van der Waals surface area contributed by atoms with Crippen molar-refractivity contribution in [2.75, 3.05) is 13.2 Å². The summed E-state index contributed by atoms with van der Waals surface area (Å²) >= 11 is 0. The molecule has 2 aromatic rings. The van der Waals surface area contributed by atoms with Crippen molar-refractivity contribution in [2.24, 2.45) is 0 Å². The van der Waals surface area contributed by atoms with Gasteiger partial charge in [-0.05, 0) is 60.4 Å². The van der Waals surface area contributed by atoms with Crippen LogP contribution >= 0.6 is 0 Å². The summed E-state index contributed by atoms with van der Waals surface area (Å²) in [5.74, 6) is -2.26. The molecule has 0 amide bonds. The van der Waals surface area contributed by atoms with Crippen LogP contribution in [0.4, 0.5) is 0 Å². The number of ether oxygens (including phenoxy) is 2. The molecule has 0 saturated carbocycles. The largest absolute Gasteiger partial charge is 0.462 e. The van der Waals surface area contributed by atoms with Crippen LogP contribution < -0.4 is 0 Å². The second-order valence-corrected chi connectivity index (χ2v) is 7.16. The molecule has 0 N–H and O–H groups in total. The molecule has 1 aliphatic rings. The van der Waals surface area contributed by atoms with Crippen molar-refractivity contribution in [3.8, 4) is 11.1 Å². The van der Waals surface area contributed by atoms with E-state index in [0.717, 1.165) is 25.7 Å². The number of fused-ring (bicyclic) bond motifs is 3. The Hall–Kier alpha value is -3.28. The number of carbonyl (C=O) groups is 4. The van der Waals surface area contributed by atoms with E-state index in [-0.39, 0.29) is 22.3 Å². The summed E-state index contributed by atoms with van der Waals surface area (Å²) in [4.78, 5) is 49.7. The fraction of sp³-hybridized carbons (Fsp3) is 0.333. The van der Waals surface area contributed by atoms with Gasteiger partial charge in [-0.2, -0.15) is 0 Å². The summed E-state index contributed by atoms with van der Waals surface area (Å²) in [5, 5.41) is 0. The Balaban J connectivity index is 1.98. The molecule has 2 aromatic carbocycles. The fourth-order valence-electron chi connectivity index (χ4n) is 3.21. The number of benzene rings is 2. The van der Waals surface area contributed by atoms with Gasteiger partial charge in [0, 0.05) is 11.1 Å². The molecule has 0 aromatic heterocycles. The lowest BCUT2D eigenvalue weighted by Crippen LogP contribution is -2.22. The van der Waals surface area contributed by atoms with Crippen LogP contribution in [-0.2, 0) is 9.47 Å². The highest BCUT2D eigenvalue weighted by Gasteiger charge is 2.31. The van der Waals surface area contributed by atoms with Crippen molar-refractivity contribution in [1.82, 2.24) is 0 Å². The summed E-state index contributed by atoms with van der Waals surface area (Å²) < 4.78 is 10.5. The zero-order chi connectivity index (χ0) is 21.7. The van der Waals surface area contributed by atoms with E-state index >= 15 is 0 Å². The quantitative estimate of drug-likeness (QED) is 0.359. The van der Waals surface area contributed by atoms with Gasteiger partial charge < -0.3 is 9.47 Å². The number of Topliss-reactive ketones (excluding diaryl/α,β-unsaturated/α-hetero) is 2. The number of esters is 2. The highest BCUT2D eigenvalue weighted by molar-refractivity contribution is 6.53. The number of rotatable bonds is 8. The lowest BCUT2D eigenvalue weighted by Gasteiger charge is -2.19. The normalized spacial score (nSPS) is 12.2. The van der Waals surface area contributed by atoms with E-state index in [2.05, 4.69) is 0 Å². The summed E-state index contributed by atoms with van der Waals surface area (Å²) in [7, 11) is 0. The summed E-state index contributed by atoms with van der Waals surface area (Å²) in [6.45, 7) is 4.62. The molecule has 0 heterocycles. The molecule has 0 fully saturated rings. The molecule has 0 unspecified atom stereocenters. The molecule has 6 heteroatoms. The first-order valence-corrected chi connectivity index (χ1v) is 10.2. The van der Waals surface area contributed by atoms with Crippen molar-refractivity contribution in [3.63, 3.8) is 0 Å². The van der Waals surface area contributed by atoms with Gasteiger partial charge in [0.2, 0.25) is 11.6 Å². The molecule has 0 bridgehead atoms. The van der Waals surface area contributed by atoms with Crippen molar-refractivity contribution in [3.05, 3.63) is 58.7 Å². The number of ketones is 2. The standard InChI is InChI=1S/C24H24O6/c1-3-5-11-29-23(27)15-7-9-17-19(13-15)20-14-16(24(28)30-12-6-4-2)8-10-18(20)22(26)21(17)25/h7-10,13-14H,3-6,11-12H2,1-2H3. The van der Waals surface area contributed by atoms with Crippen LogP contribution in [-0.4, -0.2) is 36.7 Å². The first-order chi connectivity index (χ1) is 14.5. The molecule has 0 spiro atoms. The Morgan fingerprint density at radius 1 is 0.667 bits per heavy atom. The van der Waals surface area contributed by atoms with Crippen LogP contribution in [0.25, 0.3) is 11.1 Å². The van der Waals surface area contributed by atoms with Gasteiger partial charge in [-0.15, -0.1) is 0 Å². The van der Waals surface area contributed by atoms with Crippen LogP contribution in [0.5, 0.6) is 0 Å². The van der Waals surface area contributed by atoms with Gasteiger partial charge in [0.15, 0.2) is 0 Å². The van der Waals surface area contributed by atoms with Gasteiger partial charge >= 0.3 is 11.9 Å². The van der Waals surface area contributed by atoms with E-state index in [9.17, 15) is 19.2 Å². The number of hydrogen-bond donors (Lipinski definition) is 0. The van der Waals surface area contributed by atoms with E-state index in [1.165, 1.54) is 24.3 Å². The Bertz CT molecular complexity index is 923. The third kappa shape index (κ3) is 4.32. The van der Waals surface area contributed by atoms with Crippen LogP contribution in [0.15, 0.2) is 36.4 Å². The van der Waals surface area contributed by atoms with Gasteiger partial charge in [-0.1, -0.05) is 26.7 Å². The molecular formula is C24H24O6. The van der Waals surface area contributed by atoms with Crippen LogP contribution in [0.1, 0.15) is 81.0 Å². The molecule has 0 atom stereocenters. The highest BCUT2D eigenvalue weighted by Crippen LogP contribution is 2.35. The highest BCUT2D eigenvalue weighted by atomic mass is 16.5. The molecule has 0 radical (unpaired) electrons. The number of unbranched alkanes of at least 4 members (excludes halogenated alkanes) is 2. The van der Waals surface area contributed by atoms with Crippen molar-refractivity contribution < 1.29 is 28.7 Å². The van der Waals surface area contributed by atoms with Crippen molar-refractivity contribution in [1.29, 1.82) is 0 Å². The van der Waals surface area contributed by atoms with E-state index in [4.69, 9.17) is 9.47 Å².